The third-order valence-corrected chi connectivity index (χ3v) is 2.19. The molecular formula is C8H15NO3. The maximum absolute atomic E-state index is 11.0. The monoisotopic (exact) mass is 173 g/mol. The lowest BCUT2D eigenvalue weighted by molar-refractivity contribution is -0.144. The average Bonchev–Trinajstić information content (AvgIpc) is 2.17. The molecule has 0 aromatic carbocycles. The topological polar surface area (TPSA) is 47.6 Å². The molecule has 1 unspecified atom stereocenters. The highest BCUT2D eigenvalue weighted by atomic mass is 16.5. The van der Waals surface area contributed by atoms with Gasteiger partial charge in [-0.1, -0.05) is 0 Å². The van der Waals surface area contributed by atoms with Gasteiger partial charge < -0.3 is 14.8 Å². The highest BCUT2D eigenvalue weighted by molar-refractivity contribution is 5.75. The van der Waals surface area contributed by atoms with Crippen molar-refractivity contribution in [3.8, 4) is 0 Å². The Morgan fingerprint density at radius 1 is 1.42 bits per heavy atom. The van der Waals surface area contributed by atoms with Crippen LogP contribution in [0.5, 0.6) is 0 Å². The van der Waals surface area contributed by atoms with Crippen molar-refractivity contribution in [1.29, 1.82) is 0 Å². The highest BCUT2D eigenvalue weighted by Gasteiger charge is 2.25. The van der Waals surface area contributed by atoms with Gasteiger partial charge in [0, 0.05) is 13.7 Å². The number of methoxy groups -OCH3 is 2. The standard InChI is InChI=1S/C8H15NO3/c1-11-6-3-4-7(9-5-6)8(10)12-2/h6-7,9H,3-5H2,1-2H3/t6?,7-/m0/s1. The molecule has 0 radical (unpaired) electrons. The van der Waals surface area contributed by atoms with Gasteiger partial charge in [-0.05, 0) is 12.8 Å². The molecule has 0 aromatic heterocycles. The van der Waals surface area contributed by atoms with Crippen LogP contribution in [0.2, 0.25) is 0 Å². The molecule has 2 atom stereocenters. The van der Waals surface area contributed by atoms with E-state index in [0.717, 1.165) is 19.4 Å². The van der Waals surface area contributed by atoms with Crippen LogP contribution < -0.4 is 5.32 Å². The van der Waals surface area contributed by atoms with Gasteiger partial charge in [0.05, 0.1) is 13.2 Å². The summed E-state index contributed by atoms with van der Waals surface area (Å²) >= 11 is 0. The van der Waals surface area contributed by atoms with Crippen molar-refractivity contribution in [1.82, 2.24) is 5.32 Å². The van der Waals surface area contributed by atoms with Gasteiger partial charge in [0.25, 0.3) is 0 Å². The summed E-state index contributed by atoms with van der Waals surface area (Å²) in [6.07, 6.45) is 1.96. The van der Waals surface area contributed by atoms with Crippen LogP contribution >= 0.6 is 0 Å². The zero-order valence-corrected chi connectivity index (χ0v) is 7.50. The predicted molar refractivity (Wildman–Crippen MR) is 43.8 cm³/mol. The molecule has 0 amide bonds. The van der Waals surface area contributed by atoms with Crippen molar-refractivity contribution in [2.45, 2.75) is 25.0 Å². The number of hydrogen-bond acceptors (Lipinski definition) is 4. The highest BCUT2D eigenvalue weighted by Crippen LogP contribution is 2.11. The molecule has 0 spiro atoms. The second-order valence-corrected chi connectivity index (χ2v) is 2.92. The van der Waals surface area contributed by atoms with Gasteiger partial charge in [-0.15, -0.1) is 0 Å². The van der Waals surface area contributed by atoms with E-state index in [-0.39, 0.29) is 18.1 Å². The Balaban J connectivity index is 2.30. The lowest BCUT2D eigenvalue weighted by Gasteiger charge is -2.26. The summed E-state index contributed by atoms with van der Waals surface area (Å²) in [4.78, 5) is 11.0. The normalized spacial score (nSPS) is 29.8. The Morgan fingerprint density at radius 3 is 2.58 bits per heavy atom. The number of hydrogen-bond donors (Lipinski definition) is 1. The molecule has 0 aliphatic carbocycles. The molecule has 12 heavy (non-hydrogen) atoms. The average molecular weight is 173 g/mol. The molecule has 0 aromatic rings. The van der Waals surface area contributed by atoms with Gasteiger partial charge in [0.15, 0.2) is 0 Å². The van der Waals surface area contributed by atoms with Crippen LogP contribution in [-0.2, 0) is 14.3 Å². The first-order valence-electron chi connectivity index (χ1n) is 4.12. The molecule has 1 fully saturated rings. The fourth-order valence-corrected chi connectivity index (χ4v) is 1.38. The minimum absolute atomic E-state index is 0.138. The summed E-state index contributed by atoms with van der Waals surface area (Å²) in [7, 11) is 3.09. The number of piperidine rings is 1. The summed E-state index contributed by atoms with van der Waals surface area (Å²) in [5, 5.41) is 3.07. The number of rotatable bonds is 2. The van der Waals surface area contributed by atoms with E-state index in [0.29, 0.717) is 0 Å². The zero-order chi connectivity index (χ0) is 8.97. The second kappa shape index (κ2) is 4.42. The van der Waals surface area contributed by atoms with Gasteiger partial charge >= 0.3 is 5.97 Å². The molecule has 1 rings (SSSR count). The van der Waals surface area contributed by atoms with Crippen LogP contribution in [0.1, 0.15) is 12.8 Å². The lowest BCUT2D eigenvalue weighted by atomic mass is 10.0. The number of nitrogens with one attached hydrogen (secondary N) is 1. The number of ether oxygens (including phenoxy) is 2. The van der Waals surface area contributed by atoms with E-state index < -0.39 is 0 Å². The van der Waals surface area contributed by atoms with E-state index in [1.807, 2.05) is 0 Å². The summed E-state index contributed by atoms with van der Waals surface area (Å²) in [6, 6.07) is -0.138. The van der Waals surface area contributed by atoms with Crippen molar-refractivity contribution < 1.29 is 14.3 Å². The van der Waals surface area contributed by atoms with Crippen LogP contribution in [0.25, 0.3) is 0 Å². The first-order chi connectivity index (χ1) is 5.77. The van der Waals surface area contributed by atoms with Gasteiger partial charge in [-0.3, -0.25) is 4.79 Å². The Kier molecular flexibility index (Phi) is 3.49. The summed E-state index contributed by atoms with van der Waals surface area (Å²) in [5.41, 5.74) is 0. The van der Waals surface area contributed by atoms with E-state index in [2.05, 4.69) is 10.1 Å². The molecule has 4 nitrogen and oxygen atoms in total. The van der Waals surface area contributed by atoms with E-state index in [1.165, 1.54) is 7.11 Å². The molecule has 1 aliphatic heterocycles. The largest absolute Gasteiger partial charge is 0.468 e. The van der Waals surface area contributed by atoms with Crippen LogP contribution in [0.4, 0.5) is 0 Å². The Labute approximate surface area is 72.2 Å². The summed E-state index contributed by atoms with van der Waals surface area (Å²) in [5.74, 6) is -0.176. The lowest BCUT2D eigenvalue weighted by Crippen LogP contribution is -2.46. The quantitative estimate of drug-likeness (QED) is 0.594. The predicted octanol–water partition coefficient (Wildman–Crippen LogP) is -0.0736. The van der Waals surface area contributed by atoms with Crippen molar-refractivity contribution in [2.24, 2.45) is 0 Å². The van der Waals surface area contributed by atoms with Crippen molar-refractivity contribution >= 4 is 5.97 Å². The minimum atomic E-state index is -0.176. The number of carbonyl (C=O) groups is 1. The first-order valence-corrected chi connectivity index (χ1v) is 4.12. The number of esters is 1. The van der Waals surface area contributed by atoms with Gasteiger partial charge in [-0.25, -0.2) is 0 Å². The molecule has 0 saturated carbocycles. The maximum atomic E-state index is 11.0. The molecule has 0 bridgehead atoms. The molecule has 1 N–H and O–H groups in total. The Bertz CT molecular complexity index is 152. The van der Waals surface area contributed by atoms with E-state index in [4.69, 9.17) is 4.74 Å². The number of carbonyl (C=O) groups excluding carboxylic acids is 1. The summed E-state index contributed by atoms with van der Waals surface area (Å²) < 4.78 is 9.75. The smallest absolute Gasteiger partial charge is 0.322 e. The Hall–Kier alpha value is -0.610. The molecule has 4 heteroatoms. The summed E-state index contributed by atoms with van der Waals surface area (Å²) in [6.45, 7) is 0.732. The first kappa shape index (κ1) is 9.48. The fraction of sp³-hybridized carbons (Fsp3) is 0.875. The third kappa shape index (κ3) is 2.19. The molecule has 1 aliphatic rings. The van der Waals surface area contributed by atoms with Gasteiger partial charge in [0.1, 0.15) is 6.04 Å². The van der Waals surface area contributed by atoms with E-state index >= 15 is 0 Å². The zero-order valence-electron chi connectivity index (χ0n) is 7.50. The SMILES string of the molecule is COC(=O)[C@@H]1CCC(OC)CN1. The van der Waals surface area contributed by atoms with Crippen LogP contribution in [0.3, 0.4) is 0 Å². The maximum Gasteiger partial charge on any atom is 0.322 e. The van der Waals surface area contributed by atoms with Crippen LogP contribution in [0, 0.1) is 0 Å². The molecule has 70 valence electrons. The molecule has 1 saturated heterocycles. The fourth-order valence-electron chi connectivity index (χ4n) is 1.38. The van der Waals surface area contributed by atoms with E-state index in [1.54, 1.807) is 7.11 Å². The third-order valence-electron chi connectivity index (χ3n) is 2.19. The van der Waals surface area contributed by atoms with Crippen molar-refractivity contribution in [2.75, 3.05) is 20.8 Å². The van der Waals surface area contributed by atoms with E-state index in [9.17, 15) is 4.79 Å². The van der Waals surface area contributed by atoms with Gasteiger partial charge in [0.2, 0.25) is 0 Å². The van der Waals surface area contributed by atoms with Crippen LogP contribution in [0.15, 0.2) is 0 Å². The van der Waals surface area contributed by atoms with Gasteiger partial charge in [-0.2, -0.15) is 0 Å². The second-order valence-electron chi connectivity index (χ2n) is 2.92. The minimum Gasteiger partial charge on any atom is -0.468 e. The van der Waals surface area contributed by atoms with Crippen molar-refractivity contribution in [3.05, 3.63) is 0 Å². The van der Waals surface area contributed by atoms with Crippen molar-refractivity contribution in [3.63, 3.8) is 0 Å². The Morgan fingerprint density at radius 2 is 2.17 bits per heavy atom. The van der Waals surface area contributed by atoms with Crippen LogP contribution in [-0.4, -0.2) is 38.9 Å². The molecular weight excluding hydrogens is 158 g/mol. The molecule has 1 heterocycles.